The van der Waals surface area contributed by atoms with E-state index in [1.54, 1.807) is 6.07 Å². The number of amides is 1. The third-order valence-corrected chi connectivity index (χ3v) is 4.22. The number of anilines is 1. The normalized spacial score (nSPS) is 22.2. The maximum absolute atomic E-state index is 12.2. The Morgan fingerprint density at radius 2 is 2.19 bits per heavy atom. The zero-order chi connectivity index (χ0) is 15.5. The molecule has 2 atom stereocenters. The molecule has 1 aliphatic heterocycles. The number of carbonyl (C=O) groups excluding carboxylic acids is 1. The third-order valence-electron chi connectivity index (χ3n) is 3.31. The summed E-state index contributed by atoms with van der Waals surface area (Å²) in [5.74, 6) is -0.506. The molecule has 1 aromatic rings. The predicted octanol–water partition coefficient (Wildman–Crippen LogP) is -0.103. The first-order valence-electron chi connectivity index (χ1n) is 6.66. The number of carbonyl (C=O) groups is 1. The molecule has 21 heavy (non-hydrogen) atoms. The van der Waals surface area contributed by atoms with Gasteiger partial charge < -0.3 is 15.4 Å². The van der Waals surface area contributed by atoms with E-state index in [-0.39, 0.29) is 22.8 Å². The topological polar surface area (TPSA) is 111 Å². The quantitative estimate of drug-likeness (QED) is 0.703. The van der Waals surface area contributed by atoms with Crippen LogP contribution >= 0.6 is 0 Å². The molecule has 1 heterocycles. The van der Waals surface area contributed by atoms with Crippen LogP contribution in [-0.4, -0.2) is 40.1 Å². The molecule has 2 unspecified atom stereocenters. The highest BCUT2D eigenvalue weighted by Gasteiger charge is 2.33. The Labute approximate surface area is 123 Å². The second kappa shape index (κ2) is 6.52. The van der Waals surface area contributed by atoms with Crippen molar-refractivity contribution in [3.8, 4) is 0 Å². The maximum Gasteiger partial charge on any atom is 0.238 e. The highest BCUT2D eigenvalue weighted by molar-refractivity contribution is 7.89. The van der Waals surface area contributed by atoms with Crippen molar-refractivity contribution in [3.05, 3.63) is 24.3 Å². The van der Waals surface area contributed by atoms with Crippen LogP contribution in [-0.2, 0) is 19.6 Å². The molecular formula is C13H19N3O4S. The fraction of sp³-hybridized carbons (Fsp3) is 0.462. The van der Waals surface area contributed by atoms with Gasteiger partial charge >= 0.3 is 0 Å². The molecule has 116 valence electrons. The van der Waals surface area contributed by atoms with Crippen molar-refractivity contribution in [1.29, 1.82) is 0 Å². The molecule has 0 aromatic heterocycles. The van der Waals surface area contributed by atoms with Gasteiger partial charge in [0, 0.05) is 11.7 Å². The fourth-order valence-electron chi connectivity index (χ4n) is 2.26. The lowest BCUT2D eigenvalue weighted by atomic mass is 10.0. The van der Waals surface area contributed by atoms with Crippen LogP contribution in [0.4, 0.5) is 5.69 Å². The van der Waals surface area contributed by atoms with Crippen LogP contribution in [0.5, 0.6) is 0 Å². The summed E-state index contributed by atoms with van der Waals surface area (Å²) in [6.45, 7) is 3.54. The van der Waals surface area contributed by atoms with Gasteiger partial charge in [-0.1, -0.05) is 13.0 Å². The Hall–Kier alpha value is -1.48. The summed E-state index contributed by atoms with van der Waals surface area (Å²) in [4.78, 5) is 12.2. The molecule has 0 spiro atoms. The van der Waals surface area contributed by atoms with Gasteiger partial charge in [-0.05, 0) is 24.7 Å². The highest BCUT2D eigenvalue weighted by Crippen LogP contribution is 2.19. The second-order valence-corrected chi connectivity index (χ2v) is 6.43. The van der Waals surface area contributed by atoms with E-state index < -0.39 is 10.0 Å². The zero-order valence-corrected chi connectivity index (χ0v) is 12.5. The van der Waals surface area contributed by atoms with Gasteiger partial charge in [-0.3, -0.25) is 4.79 Å². The molecule has 2 rings (SSSR count). The van der Waals surface area contributed by atoms with Gasteiger partial charge in [0.25, 0.3) is 0 Å². The number of nitrogens with one attached hydrogen (secondary N) is 2. The number of benzene rings is 1. The summed E-state index contributed by atoms with van der Waals surface area (Å²) in [6.07, 6.45) is 0. The van der Waals surface area contributed by atoms with Gasteiger partial charge in [0.15, 0.2) is 0 Å². The van der Waals surface area contributed by atoms with Crippen LogP contribution in [0.15, 0.2) is 29.2 Å². The Bertz CT molecular complexity index is 618. The summed E-state index contributed by atoms with van der Waals surface area (Å²) in [6, 6.07) is 5.83. The van der Waals surface area contributed by atoms with Crippen LogP contribution in [0.25, 0.3) is 0 Å². The first kappa shape index (κ1) is 15.9. The lowest BCUT2D eigenvalue weighted by Crippen LogP contribution is -2.41. The van der Waals surface area contributed by atoms with Crippen molar-refractivity contribution in [2.24, 2.45) is 11.1 Å². The number of likely N-dealkylation sites (N-methyl/N-ethyl adjacent to an activating group) is 1. The van der Waals surface area contributed by atoms with E-state index >= 15 is 0 Å². The number of hydrogen-bond acceptors (Lipinski definition) is 5. The number of primary sulfonamides is 1. The summed E-state index contributed by atoms with van der Waals surface area (Å²) >= 11 is 0. The minimum absolute atomic E-state index is 0.0311. The van der Waals surface area contributed by atoms with E-state index in [4.69, 9.17) is 9.88 Å². The van der Waals surface area contributed by atoms with Crippen LogP contribution in [0.3, 0.4) is 0 Å². The Balaban J connectivity index is 2.09. The van der Waals surface area contributed by atoms with Gasteiger partial charge in [-0.2, -0.15) is 0 Å². The maximum atomic E-state index is 12.2. The van der Waals surface area contributed by atoms with E-state index in [1.165, 1.54) is 18.2 Å². The molecule has 1 aromatic carbocycles. The van der Waals surface area contributed by atoms with Gasteiger partial charge in [-0.25, -0.2) is 13.6 Å². The van der Waals surface area contributed by atoms with Crippen molar-refractivity contribution in [1.82, 2.24) is 5.32 Å². The van der Waals surface area contributed by atoms with Crippen LogP contribution in [0.1, 0.15) is 6.92 Å². The Morgan fingerprint density at radius 3 is 2.86 bits per heavy atom. The summed E-state index contributed by atoms with van der Waals surface area (Å²) in [7, 11) is -3.79. The first-order chi connectivity index (χ1) is 9.91. The van der Waals surface area contributed by atoms with Gasteiger partial charge in [0.2, 0.25) is 15.9 Å². The molecule has 0 saturated carbocycles. The minimum Gasteiger partial charge on any atom is -0.379 e. The average molecular weight is 313 g/mol. The number of rotatable bonds is 5. The number of sulfonamides is 1. The molecule has 4 N–H and O–H groups in total. The largest absolute Gasteiger partial charge is 0.379 e. The van der Waals surface area contributed by atoms with Crippen molar-refractivity contribution in [2.75, 3.05) is 25.1 Å². The van der Waals surface area contributed by atoms with E-state index in [9.17, 15) is 13.2 Å². The lowest BCUT2D eigenvalue weighted by molar-refractivity contribution is -0.120. The van der Waals surface area contributed by atoms with Crippen molar-refractivity contribution in [3.63, 3.8) is 0 Å². The van der Waals surface area contributed by atoms with Crippen molar-refractivity contribution < 1.29 is 17.9 Å². The molecule has 0 bridgehead atoms. The van der Waals surface area contributed by atoms with Crippen LogP contribution in [0, 0.1) is 5.92 Å². The van der Waals surface area contributed by atoms with E-state index in [0.29, 0.717) is 18.9 Å². The molecule has 0 radical (unpaired) electrons. The van der Waals surface area contributed by atoms with Crippen molar-refractivity contribution in [2.45, 2.75) is 17.9 Å². The van der Waals surface area contributed by atoms with Crippen LogP contribution < -0.4 is 15.8 Å². The Kier molecular flexibility index (Phi) is 4.94. The fourth-order valence-corrected chi connectivity index (χ4v) is 2.82. The van der Waals surface area contributed by atoms with Gasteiger partial charge in [-0.15, -0.1) is 0 Å². The predicted molar refractivity (Wildman–Crippen MR) is 78.2 cm³/mol. The van der Waals surface area contributed by atoms with Gasteiger partial charge in [0.05, 0.1) is 24.0 Å². The number of nitrogens with two attached hydrogens (primary N) is 1. The molecule has 8 heteroatoms. The Morgan fingerprint density at radius 1 is 1.43 bits per heavy atom. The lowest BCUT2D eigenvalue weighted by Gasteiger charge is -2.18. The molecule has 7 nitrogen and oxygen atoms in total. The molecular weight excluding hydrogens is 294 g/mol. The standard InChI is InChI=1S/C13H19N3O4S/c1-2-15-12-8-20-7-11(12)13(17)16-9-4-3-5-10(6-9)21(14,18)19/h3-6,11-12,15H,2,7-8H2,1H3,(H,16,17)(H2,14,18,19). The second-order valence-electron chi connectivity index (χ2n) is 4.87. The summed E-state index contributed by atoms with van der Waals surface area (Å²) in [5, 5.41) is 11.0. The smallest absolute Gasteiger partial charge is 0.238 e. The first-order valence-corrected chi connectivity index (χ1v) is 8.21. The minimum atomic E-state index is -3.79. The van der Waals surface area contributed by atoms with E-state index in [0.717, 1.165) is 6.54 Å². The molecule has 1 fully saturated rings. The van der Waals surface area contributed by atoms with E-state index in [2.05, 4.69) is 10.6 Å². The van der Waals surface area contributed by atoms with Gasteiger partial charge in [0.1, 0.15) is 0 Å². The highest BCUT2D eigenvalue weighted by atomic mass is 32.2. The molecule has 1 aliphatic rings. The number of hydrogen-bond donors (Lipinski definition) is 3. The summed E-state index contributed by atoms with van der Waals surface area (Å²) in [5.41, 5.74) is 0.397. The van der Waals surface area contributed by atoms with Crippen molar-refractivity contribution >= 4 is 21.6 Å². The molecule has 0 aliphatic carbocycles. The third kappa shape index (κ3) is 4.01. The SMILES string of the molecule is CCNC1COCC1C(=O)Nc1cccc(S(N)(=O)=O)c1. The monoisotopic (exact) mass is 313 g/mol. The number of ether oxygens (including phenoxy) is 1. The summed E-state index contributed by atoms with van der Waals surface area (Å²) < 4.78 is 27.9. The molecule has 1 saturated heterocycles. The van der Waals surface area contributed by atoms with Crippen LogP contribution in [0.2, 0.25) is 0 Å². The zero-order valence-electron chi connectivity index (χ0n) is 11.7. The average Bonchev–Trinajstić information content (AvgIpc) is 2.87. The molecule has 1 amide bonds. The van der Waals surface area contributed by atoms with E-state index in [1.807, 2.05) is 6.92 Å².